The molecule has 1 unspecified atom stereocenters. The van der Waals surface area contributed by atoms with E-state index in [0.717, 1.165) is 28.7 Å². The van der Waals surface area contributed by atoms with Gasteiger partial charge in [-0.3, -0.25) is 9.59 Å². The van der Waals surface area contributed by atoms with E-state index in [1.54, 1.807) is 6.92 Å². The van der Waals surface area contributed by atoms with Crippen molar-refractivity contribution in [2.24, 2.45) is 5.41 Å². The van der Waals surface area contributed by atoms with Crippen molar-refractivity contribution < 1.29 is 9.59 Å². The van der Waals surface area contributed by atoms with Gasteiger partial charge < -0.3 is 0 Å². The van der Waals surface area contributed by atoms with Crippen LogP contribution in [0.5, 0.6) is 0 Å². The molecule has 4 rings (SSSR count). The fourth-order valence-electron chi connectivity index (χ4n) is 4.36. The highest BCUT2D eigenvalue weighted by Crippen LogP contribution is 2.47. The van der Waals surface area contributed by atoms with Crippen LogP contribution in [0.15, 0.2) is 96.7 Å². The molecule has 0 spiro atoms. The lowest BCUT2D eigenvalue weighted by molar-refractivity contribution is -0.133. The summed E-state index contributed by atoms with van der Waals surface area (Å²) in [4.78, 5) is 26.1. The van der Waals surface area contributed by atoms with Crippen LogP contribution in [0, 0.1) is 5.41 Å². The van der Waals surface area contributed by atoms with E-state index in [1.807, 2.05) is 91.0 Å². The van der Waals surface area contributed by atoms with Crippen LogP contribution in [0.4, 0.5) is 0 Å². The van der Waals surface area contributed by atoms with Gasteiger partial charge in [0.1, 0.15) is 11.2 Å². The zero-order chi connectivity index (χ0) is 21.0. The number of hydrogen-bond donors (Lipinski definition) is 0. The van der Waals surface area contributed by atoms with Crippen LogP contribution in [0.3, 0.4) is 0 Å². The summed E-state index contributed by atoms with van der Waals surface area (Å²) in [5, 5.41) is 0. The van der Waals surface area contributed by atoms with Gasteiger partial charge in [-0.2, -0.15) is 0 Å². The van der Waals surface area contributed by atoms with Gasteiger partial charge in [-0.25, -0.2) is 0 Å². The summed E-state index contributed by atoms with van der Waals surface area (Å²) in [5.41, 5.74) is 6.90. The van der Waals surface area contributed by atoms with Gasteiger partial charge in [-0.1, -0.05) is 91.0 Å². The van der Waals surface area contributed by atoms with Crippen molar-refractivity contribution in [1.29, 1.82) is 0 Å². The minimum absolute atomic E-state index is 0.00169. The van der Waals surface area contributed by atoms with Crippen LogP contribution in [-0.4, -0.2) is 11.6 Å². The van der Waals surface area contributed by atoms with E-state index < -0.39 is 5.41 Å². The lowest BCUT2D eigenvalue weighted by Crippen LogP contribution is -2.34. The summed E-state index contributed by atoms with van der Waals surface area (Å²) in [6.07, 6.45) is 1.70. The predicted octanol–water partition coefficient (Wildman–Crippen LogP) is 6.13. The molecule has 0 saturated heterocycles. The topological polar surface area (TPSA) is 34.1 Å². The quantitative estimate of drug-likeness (QED) is 0.387. The fourth-order valence-corrected chi connectivity index (χ4v) is 4.36. The number of rotatable bonds is 5. The molecule has 1 aliphatic rings. The molecule has 1 atom stereocenters. The molecule has 0 amide bonds. The van der Waals surface area contributed by atoms with Crippen molar-refractivity contribution in [3.63, 3.8) is 0 Å². The summed E-state index contributed by atoms with van der Waals surface area (Å²) < 4.78 is 0. The number of benzene rings is 3. The molecule has 0 heterocycles. The molecule has 0 aliphatic heterocycles. The standard InChI is InChI=1S/C28H24O2/c1-21(29)28(19-11-18-27(28)30)26(24-16-9-4-10-17-24)20-25(22-12-5-2-6-13-22)23-14-7-3-8-15-23/h2-10,12-17H,11,18-19H2,1H3. The van der Waals surface area contributed by atoms with Crippen molar-refractivity contribution in [2.75, 3.05) is 0 Å². The van der Waals surface area contributed by atoms with E-state index in [0.29, 0.717) is 18.4 Å². The van der Waals surface area contributed by atoms with Crippen LogP contribution >= 0.6 is 0 Å². The maximum Gasteiger partial charge on any atom is 0.151 e. The fraction of sp³-hybridized carbons (Fsp3) is 0.179. The van der Waals surface area contributed by atoms with Crippen molar-refractivity contribution in [1.82, 2.24) is 0 Å². The van der Waals surface area contributed by atoms with Gasteiger partial charge >= 0.3 is 0 Å². The van der Waals surface area contributed by atoms with Gasteiger partial charge in [-0.15, -0.1) is 5.73 Å². The van der Waals surface area contributed by atoms with E-state index >= 15 is 0 Å². The Morgan fingerprint density at radius 3 is 1.63 bits per heavy atom. The monoisotopic (exact) mass is 392 g/mol. The molecule has 1 aliphatic carbocycles. The number of ketones is 2. The number of Topliss-reactive ketones (excluding diaryl/α,β-unsaturated/α-hetero) is 2. The first-order valence-electron chi connectivity index (χ1n) is 10.3. The first-order valence-corrected chi connectivity index (χ1v) is 10.3. The Morgan fingerprint density at radius 2 is 1.23 bits per heavy atom. The van der Waals surface area contributed by atoms with E-state index in [4.69, 9.17) is 0 Å². The smallest absolute Gasteiger partial charge is 0.151 e. The highest BCUT2D eigenvalue weighted by atomic mass is 16.2. The summed E-state index contributed by atoms with van der Waals surface area (Å²) in [6, 6.07) is 29.8. The minimum atomic E-state index is -1.13. The average molecular weight is 392 g/mol. The third kappa shape index (κ3) is 3.58. The molecular weight excluding hydrogens is 368 g/mol. The van der Waals surface area contributed by atoms with Crippen LogP contribution in [0.25, 0.3) is 11.1 Å². The van der Waals surface area contributed by atoms with Gasteiger partial charge in [-0.05, 0) is 36.5 Å². The maximum atomic E-state index is 13.1. The Balaban J connectivity index is 2.11. The number of allylic oxidation sites excluding steroid dienone is 1. The van der Waals surface area contributed by atoms with E-state index in [2.05, 4.69) is 5.73 Å². The van der Waals surface area contributed by atoms with E-state index in [1.165, 1.54) is 0 Å². The molecule has 148 valence electrons. The maximum absolute atomic E-state index is 13.1. The Labute approximate surface area is 177 Å². The third-order valence-electron chi connectivity index (χ3n) is 5.90. The number of carbonyl (C=O) groups is 2. The zero-order valence-electron chi connectivity index (χ0n) is 17.1. The molecule has 2 nitrogen and oxygen atoms in total. The second kappa shape index (κ2) is 8.49. The van der Waals surface area contributed by atoms with E-state index in [-0.39, 0.29) is 11.6 Å². The van der Waals surface area contributed by atoms with Crippen LogP contribution in [0.2, 0.25) is 0 Å². The van der Waals surface area contributed by atoms with Crippen molar-refractivity contribution in [3.8, 4) is 0 Å². The summed E-state index contributed by atoms with van der Waals surface area (Å²) in [5.74, 6) is -0.0985. The molecule has 0 bridgehead atoms. The Morgan fingerprint density at radius 1 is 0.767 bits per heavy atom. The lowest BCUT2D eigenvalue weighted by atomic mass is 9.71. The number of hydrogen-bond acceptors (Lipinski definition) is 2. The summed E-state index contributed by atoms with van der Waals surface area (Å²) in [7, 11) is 0. The first-order chi connectivity index (χ1) is 14.6. The molecule has 1 fully saturated rings. The normalized spacial score (nSPS) is 18.0. The second-order valence-corrected chi connectivity index (χ2v) is 7.71. The highest BCUT2D eigenvalue weighted by molar-refractivity contribution is 6.18. The van der Waals surface area contributed by atoms with Gasteiger partial charge in [0, 0.05) is 17.6 Å². The van der Waals surface area contributed by atoms with Crippen LogP contribution in [-0.2, 0) is 9.59 Å². The Bertz CT molecular complexity index is 1080. The average Bonchev–Trinajstić information content (AvgIpc) is 3.18. The zero-order valence-corrected chi connectivity index (χ0v) is 17.1. The van der Waals surface area contributed by atoms with Gasteiger partial charge in [0.15, 0.2) is 5.78 Å². The highest BCUT2D eigenvalue weighted by Gasteiger charge is 2.49. The number of carbonyl (C=O) groups excluding carboxylic acids is 2. The summed E-state index contributed by atoms with van der Waals surface area (Å²) in [6.45, 7) is 1.54. The molecular formula is C28H24O2. The molecule has 30 heavy (non-hydrogen) atoms. The molecule has 1 saturated carbocycles. The van der Waals surface area contributed by atoms with Crippen molar-refractivity contribution >= 4 is 22.7 Å². The van der Waals surface area contributed by atoms with Gasteiger partial charge in [0.2, 0.25) is 0 Å². The lowest BCUT2D eigenvalue weighted by Gasteiger charge is -2.27. The van der Waals surface area contributed by atoms with Crippen molar-refractivity contribution in [3.05, 3.63) is 113 Å². The van der Waals surface area contributed by atoms with E-state index in [9.17, 15) is 9.59 Å². The minimum Gasteiger partial charge on any atom is -0.298 e. The third-order valence-corrected chi connectivity index (χ3v) is 5.90. The Hall–Kier alpha value is -3.48. The van der Waals surface area contributed by atoms with Crippen LogP contribution < -0.4 is 0 Å². The molecule has 0 N–H and O–H groups in total. The molecule has 3 aromatic rings. The predicted molar refractivity (Wildman–Crippen MR) is 121 cm³/mol. The van der Waals surface area contributed by atoms with Gasteiger partial charge in [0.05, 0.1) is 0 Å². The SMILES string of the molecule is CC(=O)C1(C(=C=C(c2ccccc2)c2ccccc2)c2ccccc2)CCCC1=O. The molecule has 2 heteroatoms. The molecule has 0 radical (unpaired) electrons. The van der Waals surface area contributed by atoms with Crippen LogP contribution in [0.1, 0.15) is 42.9 Å². The molecule has 0 aromatic heterocycles. The summed E-state index contributed by atoms with van der Waals surface area (Å²) >= 11 is 0. The Kier molecular flexibility index (Phi) is 5.61. The second-order valence-electron chi connectivity index (χ2n) is 7.71. The van der Waals surface area contributed by atoms with Crippen molar-refractivity contribution in [2.45, 2.75) is 26.2 Å². The largest absolute Gasteiger partial charge is 0.298 e. The first kappa shape index (κ1) is 19.8. The molecule has 3 aromatic carbocycles. The van der Waals surface area contributed by atoms with Gasteiger partial charge in [0.25, 0.3) is 0 Å².